The minimum atomic E-state index is -0.207. The van der Waals surface area contributed by atoms with Crippen molar-refractivity contribution < 1.29 is 0 Å². The summed E-state index contributed by atoms with van der Waals surface area (Å²) in [4.78, 5) is 4.24. The van der Waals surface area contributed by atoms with Gasteiger partial charge in [-0.25, -0.2) is 0 Å². The maximum Gasteiger partial charge on any atom is 0.0911 e. The number of nitrogens with two attached hydrogens (primary N) is 1. The summed E-state index contributed by atoms with van der Waals surface area (Å²) >= 11 is 1.41. The van der Waals surface area contributed by atoms with Crippen molar-refractivity contribution in [2.45, 2.75) is 13.0 Å². The van der Waals surface area contributed by atoms with Gasteiger partial charge in [-0.2, -0.15) is 4.37 Å². The van der Waals surface area contributed by atoms with Crippen LogP contribution in [0.5, 0.6) is 0 Å². The highest BCUT2D eigenvalue weighted by atomic mass is 32.1. The summed E-state index contributed by atoms with van der Waals surface area (Å²) in [6, 6.07) is 5.67. The van der Waals surface area contributed by atoms with Crippen LogP contribution in [0.1, 0.15) is 23.0 Å². The molecule has 2 rings (SSSR count). The van der Waals surface area contributed by atoms with Gasteiger partial charge in [0.2, 0.25) is 0 Å². The fraction of sp³-hybridized carbons (Fsp3) is 0.200. The molecule has 4 heteroatoms. The molecule has 72 valence electrons. The zero-order valence-corrected chi connectivity index (χ0v) is 8.66. The Kier molecular flexibility index (Phi) is 2.56. The van der Waals surface area contributed by atoms with Crippen molar-refractivity contribution in [2.24, 2.45) is 5.73 Å². The molecule has 2 aromatic rings. The van der Waals surface area contributed by atoms with Crippen LogP contribution in [-0.2, 0) is 0 Å². The quantitative estimate of drug-likeness (QED) is 0.814. The number of nitrogens with zero attached hydrogens (tertiary/aromatic N) is 2. The summed E-state index contributed by atoms with van der Waals surface area (Å²) in [6.07, 6.45) is 1.77. The predicted octanol–water partition coefficient (Wildman–Crippen LogP) is 1.89. The summed E-state index contributed by atoms with van der Waals surface area (Å²) in [5, 5.41) is 1.92. The second-order valence-electron chi connectivity index (χ2n) is 3.16. The molecule has 3 nitrogen and oxygen atoms in total. The third kappa shape index (κ3) is 1.81. The van der Waals surface area contributed by atoms with Crippen molar-refractivity contribution in [1.29, 1.82) is 0 Å². The molecule has 2 heterocycles. The van der Waals surface area contributed by atoms with Crippen LogP contribution in [0.15, 0.2) is 29.8 Å². The van der Waals surface area contributed by atoms with E-state index in [4.69, 9.17) is 5.73 Å². The van der Waals surface area contributed by atoms with Crippen LogP contribution in [0.25, 0.3) is 0 Å². The molecule has 0 spiro atoms. The summed E-state index contributed by atoms with van der Waals surface area (Å²) in [5.41, 5.74) is 8.93. The number of aryl methyl sites for hydroxylation is 1. The highest BCUT2D eigenvalue weighted by Gasteiger charge is 2.11. The molecule has 0 aliphatic carbocycles. The molecule has 0 saturated heterocycles. The summed E-state index contributed by atoms with van der Waals surface area (Å²) in [5.74, 6) is 0. The minimum Gasteiger partial charge on any atom is -0.318 e. The molecule has 2 N–H and O–H groups in total. The van der Waals surface area contributed by atoms with Crippen molar-refractivity contribution in [2.75, 3.05) is 0 Å². The minimum absolute atomic E-state index is 0.207. The van der Waals surface area contributed by atoms with E-state index in [2.05, 4.69) is 9.36 Å². The second-order valence-corrected chi connectivity index (χ2v) is 3.83. The van der Waals surface area contributed by atoms with Crippen LogP contribution in [0.4, 0.5) is 0 Å². The summed E-state index contributed by atoms with van der Waals surface area (Å²) in [6.45, 7) is 2.03. The Morgan fingerprint density at radius 1 is 1.36 bits per heavy atom. The van der Waals surface area contributed by atoms with Gasteiger partial charge in [0.1, 0.15) is 0 Å². The maximum atomic E-state index is 6.01. The maximum absolute atomic E-state index is 6.01. The first-order valence-electron chi connectivity index (χ1n) is 4.36. The Balaban J connectivity index is 2.32. The van der Waals surface area contributed by atoms with Crippen molar-refractivity contribution in [3.05, 3.63) is 46.7 Å². The molecule has 0 aliphatic heterocycles. The smallest absolute Gasteiger partial charge is 0.0911 e. The fourth-order valence-electron chi connectivity index (χ4n) is 1.26. The molecule has 14 heavy (non-hydrogen) atoms. The van der Waals surface area contributed by atoms with Gasteiger partial charge in [0.25, 0.3) is 0 Å². The molecule has 1 atom stereocenters. The van der Waals surface area contributed by atoms with Gasteiger partial charge in [0, 0.05) is 11.6 Å². The van der Waals surface area contributed by atoms with Gasteiger partial charge in [-0.1, -0.05) is 0 Å². The zero-order valence-electron chi connectivity index (χ0n) is 7.84. The molecule has 0 radical (unpaired) electrons. The number of pyridine rings is 1. The van der Waals surface area contributed by atoms with E-state index < -0.39 is 0 Å². The number of hydrogen-bond donors (Lipinski definition) is 1. The second kappa shape index (κ2) is 3.86. The first-order valence-corrected chi connectivity index (χ1v) is 5.19. The van der Waals surface area contributed by atoms with E-state index in [0.29, 0.717) is 0 Å². The average molecular weight is 205 g/mol. The van der Waals surface area contributed by atoms with E-state index in [-0.39, 0.29) is 6.04 Å². The first-order chi connectivity index (χ1) is 6.77. The number of aromatic nitrogens is 2. The van der Waals surface area contributed by atoms with E-state index in [1.807, 2.05) is 30.5 Å². The van der Waals surface area contributed by atoms with Crippen LogP contribution in [0, 0.1) is 6.92 Å². The molecule has 0 saturated carbocycles. The van der Waals surface area contributed by atoms with Crippen LogP contribution in [0.2, 0.25) is 0 Å². The lowest BCUT2D eigenvalue weighted by Gasteiger charge is -2.08. The van der Waals surface area contributed by atoms with Gasteiger partial charge in [0.05, 0.1) is 17.4 Å². The Morgan fingerprint density at radius 3 is 2.86 bits per heavy atom. The van der Waals surface area contributed by atoms with E-state index in [9.17, 15) is 0 Å². The van der Waals surface area contributed by atoms with Gasteiger partial charge in [-0.15, -0.1) is 0 Å². The van der Waals surface area contributed by atoms with Crippen molar-refractivity contribution in [1.82, 2.24) is 9.36 Å². The average Bonchev–Trinajstić information content (AvgIpc) is 2.69. The molecule has 0 amide bonds. The fourth-order valence-corrected chi connectivity index (χ4v) is 1.82. The summed E-state index contributed by atoms with van der Waals surface area (Å²) < 4.78 is 4.20. The van der Waals surface area contributed by atoms with Crippen LogP contribution >= 0.6 is 11.5 Å². The number of rotatable bonds is 2. The topological polar surface area (TPSA) is 51.8 Å². The molecular formula is C10H11N3S. The molecule has 1 unspecified atom stereocenters. The van der Waals surface area contributed by atoms with E-state index in [1.165, 1.54) is 17.1 Å². The van der Waals surface area contributed by atoms with Crippen LogP contribution in [0.3, 0.4) is 0 Å². The molecule has 0 fully saturated rings. The van der Waals surface area contributed by atoms with E-state index in [1.54, 1.807) is 6.20 Å². The monoisotopic (exact) mass is 205 g/mol. The Hall–Kier alpha value is -1.26. The van der Waals surface area contributed by atoms with Gasteiger partial charge >= 0.3 is 0 Å². The van der Waals surface area contributed by atoms with E-state index in [0.717, 1.165) is 11.4 Å². The highest BCUT2D eigenvalue weighted by molar-refractivity contribution is 7.03. The Labute approximate surface area is 86.8 Å². The van der Waals surface area contributed by atoms with Crippen molar-refractivity contribution in [3.8, 4) is 0 Å². The molecular weight excluding hydrogens is 194 g/mol. The third-order valence-electron chi connectivity index (χ3n) is 2.03. The van der Waals surface area contributed by atoms with Crippen molar-refractivity contribution >= 4 is 11.5 Å². The third-order valence-corrected chi connectivity index (χ3v) is 2.61. The Bertz CT molecular complexity index is 411. The lowest BCUT2D eigenvalue weighted by molar-refractivity contribution is 0.806. The first kappa shape index (κ1) is 9.30. The predicted molar refractivity (Wildman–Crippen MR) is 57.1 cm³/mol. The highest BCUT2D eigenvalue weighted by Crippen LogP contribution is 2.17. The lowest BCUT2D eigenvalue weighted by atomic mass is 10.1. The number of hydrogen-bond acceptors (Lipinski definition) is 4. The zero-order chi connectivity index (χ0) is 9.97. The SMILES string of the molecule is Cc1ccnc(C(N)c2ccsn2)c1. The van der Waals surface area contributed by atoms with Crippen molar-refractivity contribution in [3.63, 3.8) is 0 Å². The standard InChI is InChI=1S/C10H11N3S/c1-7-2-4-12-9(6-7)10(11)8-3-5-14-13-8/h2-6,10H,11H2,1H3. The van der Waals surface area contributed by atoms with Gasteiger partial charge in [-0.05, 0) is 42.2 Å². The lowest BCUT2D eigenvalue weighted by Crippen LogP contribution is -2.13. The summed E-state index contributed by atoms with van der Waals surface area (Å²) in [7, 11) is 0. The normalized spacial score (nSPS) is 12.7. The van der Waals surface area contributed by atoms with Crippen LogP contribution in [-0.4, -0.2) is 9.36 Å². The molecule has 0 aliphatic rings. The van der Waals surface area contributed by atoms with E-state index >= 15 is 0 Å². The molecule has 2 aromatic heterocycles. The molecule has 0 aromatic carbocycles. The van der Waals surface area contributed by atoms with Gasteiger partial charge < -0.3 is 5.73 Å². The van der Waals surface area contributed by atoms with Crippen LogP contribution < -0.4 is 5.73 Å². The largest absolute Gasteiger partial charge is 0.318 e. The van der Waals surface area contributed by atoms with Gasteiger partial charge in [-0.3, -0.25) is 4.98 Å². The molecule has 0 bridgehead atoms. The van der Waals surface area contributed by atoms with Gasteiger partial charge in [0.15, 0.2) is 0 Å². The Morgan fingerprint density at radius 2 is 2.21 bits per heavy atom.